The lowest BCUT2D eigenvalue weighted by atomic mass is 10.0. The van der Waals surface area contributed by atoms with Gasteiger partial charge in [-0.15, -0.1) is 0 Å². The van der Waals surface area contributed by atoms with Gasteiger partial charge in [-0.2, -0.15) is 18.3 Å². The predicted molar refractivity (Wildman–Crippen MR) is 109 cm³/mol. The highest BCUT2D eigenvalue weighted by atomic mass is 19.4. The van der Waals surface area contributed by atoms with E-state index in [0.29, 0.717) is 23.5 Å². The molecule has 0 N–H and O–H groups in total. The molecule has 0 spiro atoms. The molecule has 4 heterocycles. The van der Waals surface area contributed by atoms with E-state index in [-0.39, 0.29) is 11.9 Å². The van der Waals surface area contributed by atoms with Crippen LogP contribution in [-0.4, -0.2) is 31.6 Å². The van der Waals surface area contributed by atoms with Crippen LogP contribution >= 0.6 is 0 Å². The number of nitrogens with zero attached hydrogens (tertiary/aromatic N) is 5. The maximum Gasteiger partial charge on any atom is 0.416 e. The maximum absolute atomic E-state index is 13.4. The number of amides is 1. The number of halogens is 3. The highest BCUT2D eigenvalue weighted by Gasteiger charge is 2.35. The number of aryl methyl sites for hydroxylation is 1. The molecule has 0 saturated heterocycles. The molecule has 0 saturated carbocycles. The molecule has 0 fully saturated rings. The second kappa shape index (κ2) is 6.69. The van der Waals surface area contributed by atoms with Gasteiger partial charge in [-0.05, 0) is 55.8 Å². The normalized spacial score (nSPS) is 16.7. The van der Waals surface area contributed by atoms with E-state index in [0.717, 1.165) is 29.0 Å². The van der Waals surface area contributed by atoms with E-state index in [1.54, 1.807) is 17.1 Å². The Morgan fingerprint density at radius 1 is 1.10 bits per heavy atom. The van der Waals surface area contributed by atoms with E-state index in [2.05, 4.69) is 10.1 Å². The molecule has 0 radical (unpaired) electrons. The first-order valence-corrected chi connectivity index (χ1v) is 9.75. The SMILES string of the molecule is Cc1ncc2cc(-c3cnn4c3C(=O)N(c3ccc(C(F)(F)F)cc3)C[C@@H]4C)ccn12. The van der Waals surface area contributed by atoms with Gasteiger partial charge in [0.1, 0.15) is 11.5 Å². The molecule has 1 aromatic carbocycles. The maximum atomic E-state index is 13.4. The van der Waals surface area contributed by atoms with Gasteiger partial charge in [0.2, 0.25) is 0 Å². The number of hydrogen-bond donors (Lipinski definition) is 0. The van der Waals surface area contributed by atoms with Crippen molar-refractivity contribution in [1.82, 2.24) is 19.2 Å². The molecule has 9 heteroatoms. The summed E-state index contributed by atoms with van der Waals surface area (Å²) in [6.45, 7) is 4.15. The number of hydrogen-bond acceptors (Lipinski definition) is 3. The Bertz CT molecular complexity index is 1300. The second-order valence-corrected chi connectivity index (χ2v) is 7.68. The van der Waals surface area contributed by atoms with Gasteiger partial charge in [0.25, 0.3) is 5.91 Å². The Balaban J connectivity index is 1.56. The summed E-state index contributed by atoms with van der Waals surface area (Å²) in [5, 5.41) is 4.42. The van der Waals surface area contributed by atoms with Crippen LogP contribution in [0.1, 0.15) is 34.8 Å². The van der Waals surface area contributed by atoms with Crippen LogP contribution in [0.5, 0.6) is 0 Å². The van der Waals surface area contributed by atoms with Crippen molar-refractivity contribution in [3.05, 3.63) is 72.1 Å². The van der Waals surface area contributed by atoms with Crippen molar-refractivity contribution in [2.75, 3.05) is 11.4 Å². The van der Waals surface area contributed by atoms with Crippen LogP contribution in [0.25, 0.3) is 16.6 Å². The van der Waals surface area contributed by atoms with Crippen LogP contribution in [0.15, 0.2) is 55.0 Å². The number of anilines is 1. The minimum absolute atomic E-state index is 0.135. The van der Waals surface area contributed by atoms with Gasteiger partial charge in [-0.1, -0.05) is 0 Å². The Morgan fingerprint density at radius 2 is 1.84 bits per heavy atom. The Hall–Kier alpha value is -3.62. The molecule has 5 rings (SSSR count). The van der Waals surface area contributed by atoms with Crippen LogP contribution in [0, 0.1) is 6.92 Å². The molecule has 31 heavy (non-hydrogen) atoms. The summed E-state index contributed by atoms with van der Waals surface area (Å²) in [4.78, 5) is 19.2. The van der Waals surface area contributed by atoms with Crippen LogP contribution in [0.2, 0.25) is 0 Å². The lowest BCUT2D eigenvalue weighted by Crippen LogP contribution is -2.42. The largest absolute Gasteiger partial charge is 0.416 e. The third-order valence-electron chi connectivity index (χ3n) is 5.64. The summed E-state index contributed by atoms with van der Waals surface area (Å²) in [5.41, 5.74) is 2.48. The van der Waals surface area contributed by atoms with E-state index in [1.165, 1.54) is 17.0 Å². The van der Waals surface area contributed by atoms with Crippen LogP contribution in [0.3, 0.4) is 0 Å². The fraction of sp³-hybridized carbons (Fsp3) is 0.227. The number of benzene rings is 1. The average molecular weight is 425 g/mol. The number of aromatic nitrogens is 4. The fourth-order valence-corrected chi connectivity index (χ4v) is 4.03. The van der Waals surface area contributed by atoms with Crippen molar-refractivity contribution in [1.29, 1.82) is 0 Å². The van der Waals surface area contributed by atoms with E-state index < -0.39 is 11.7 Å². The molecule has 6 nitrogen and oxygen atoms in total. The zero-order valence-corrected chi connectivity index (χ0v) is 16.8. The van der Waals surface area contributed by atoms with Crippen molar-refractivity contribution in [2.45, 2.75) is 26.1 Å². The van der Waals surface area contributed by atoms with Crippen molar-refractivity contribution >= 4 is 17.1 Å². The number of alkyl halides is 3. The van der Waals surface area contributed by atoms with Gasteiger partial charge in [0, 0.05) is 24.0 Å². The lowest BCUT2D eigenvalue weighted by Gasteiger charge is -2.32. The zero-order chi connectivity index (χ0) is 21.9. The third-order valence-corrected chi connectivity index (χ3v) is 5.64. The molecule has 1 atom stereocenters. The summed E-state index contributed by atoms with van der Waals surface area (Å²) < 4.78 is 42.4. The molecular weight excluding hydrogens is 407 g/mol. The number of carbonyl (C=O) groups excluding carboxylic acids is 1. The Labute approximate surface area is 175 Å². The predicted octanol–water partition coefficient (Wildman–Crippen LogP) is 4.75. The van der Waals surface area contributed by atoms with Crippen molar-refractivity contribution in [3.8, 4) is 11.1 Å². The van der Waals surface area contributed by atoms with E-state index >= 15 is 0 Å². The minimum Gasteiger partial charge on any atom is -0.305 e. The topological polar surface area (TPSA) is 55.4 Å². The number of rotatable bonds is 2. The Morgan fingerprint density at radius 3 is 2.55 bits per heavy atom. The highest BCUT2D eigenvalue weighted by molar-refractivity contribution is 6.09. The first-order chi connectivity index (χ1) is 14.7. The molecule has 0 bridgehead atoms. The molecule has 1 amide bonds. The molecule has 1 aliphatic rings. The molecule has 3 aromatic heterocycles. The first-order valence-electron chi connectivity index (χ1n) is 9.75. The third kappa shape index (κ3) is 3.08. The number of pyridine rings is 1. The van der Waals surface area contributed by atoms with E-state index in [4.69, 9.17) is 0 Å². The average Bonchev–Trinajstić information content (AvgIpc) is 3.35. The first kappa shape index (κ1) is 19.3. The summed E-state index contributed by atoms with van der Waals surface area (Å²) in [5.74, 6) is 0.562. The van der Waals surface area contributed by atoms with Gasteiger partial charge < -0.3 is 9.30 Å². The van der Waals surface area contributed by atoms with Gasteiger partial charge in [0.05, 0.1) is 29.5 Å². The molecule has 4 aromatic rings. The number of carbonyl (C=O) groups is 1. The minimum atomic E-state index is -4.42. The summed E-state index contributed by atoms with van der Waals surface area (Å²) >= 11 is 0. The smallest absolute Gasteiger partial charge is 0.305 e. The van der Waals surface area contributed by atoms with Crippen molar-refractivity contribution < 1.29 is 18.0 Å². The second-order valence-electron chi connectivity index (χ2n) is 7.68. The summed E-state index contributed by atoms with van der Waals surface area (Å²) in [7, 11) is 0. The molecule has 0 unspecified atom stereocenters. The van der Waals surface area contributed by atoms with Gasteiger partial charge in [0.15, 0.2) is 0 Å². The standard InChI is InChI=1S/C22H18F3N5O/c1-13-12-29(17-5-3-16(4-6-17)22(23,24)25)21(31)20-19(11-27-30(13)20)15-7-8-28-14(2)26-10-18(28)9-15/h3-11,13H,12H2,1-2H3/t13-/m0/s1. The van der Waals surface area contributed by atoms with Crippen molar-refractivity contribution in [2.24, 2.45) is 0 Å². The summed E-state index contributed by atoms with van der Waals surface area (Å²) in [6.07, 6.45) is 0.887. The van der Waals surface area contributed by atoms with Crippen LogP contribution in [-0.2, 0) is 6.18 Å². The fourth-order valence-electron chi connectivity index (χ4n) is 4.03. The quantitative estimate of drug-likeness (QED) is 0.466. The summed E-state index contributed by atoms with van der Waals surface area (Å²) in [6, 6.07) is 8.36. The van der Waals surface area contributed by atoms with Crippen LogP contribution < -0.4 is 4.90 Å². The van der Waals surface area contributed by atoms with Crippen LogP contribution in [0.4, 0.5) is 18.9 Å². The highest BCUT2D eigenvalue weighted by Crippen LogP contribution is 2.35. The monoisotopic (exact) mass is 425 g/mol. The Kier molecular flexibility index (Phi) is 4.18. The lowest BCUT2D eigenvalue weighted by molar-refractivity contribution is -0.137. The van der Waals surface area contributed by atoms with Gasteiger partial charge in [-0.25, -0.2) is 4.98 Å². The van der Waals surface area contributed by atoms with E-state index in [9.17, 15) is 18.0 Å². The molecule has 0 aliphatic carbocycles. The molecule has 158 valence electrons. The van der Waals surface area contributed by atoms with Gasteiger partial charge >= 0.3 is 6.18 Å². The number of fused-ring (bicyclic) bond motifs is 2. The van der Waals surface area contributed by atoms with Crippen molar-refractivity contribution in [3.63, 3.8) is 0 Å². The number of imidazole rings is 1. The molecule has 1 aliphatic heterocycles. The van der Waals surface area contributed by atoms with Gasteiger partial charge in [-0.3, -0.25) is 9.48 Å². The molecular formula is C22H18F3N5O. The van der Waals surface area contributed by atoms with E-state index in [1.807, 2.05) is 36.6 Å². The zero-order valence-electron chi connectivity index (χ0n) is 16.8.